The molecule has 0 bridgehead atoms. The molecule has 0 saturated carbocycles. The van der Waals surface area contributed by atoms with E-state index in [9.17, 15) is 0 Å². The standard InChI is InChI=1S/C32H18Cl7N/c1-16-10-21(34)29(22(35)11-16)32(30-23(36)12-17(33)13-24(30)37)31-25(38)14-18(15-26(31)39)40-27-8-4-2-6-19(27)20-7-3-5-9-28(20)40/h2-15,32H,1H3. The largest absolute Gasteiger partial charge is 0.309 e. The molecule has 1 unspecified atom stereocenters. The summed E-state index contributed by atoms with van der Waals surface area (Å²) in [7, 11) is 0. The molecule has 0 aliphatic heterocycles. The van der Waals surface area contributed by atoms with Gasteiger partial charge in [0.25, 0.3) is 0 Å². The number of hydrogen-bond donors (Lipinski definition) is 0. The summed E-state index contributed by atoms with van der Waals surface area (Å²) in [6.07, 6.45) is 0. The molecule has 6 aromatic rings. The van der Waals surface area contributed by atoms with Crippen LogP contribution in [0.1, 0.15) is 28.2 Å². The van der Waals surface area contributed by atoms with Crippen LogP contribution in [0.3, 0.4) is 0 Å². The zero-order valence-electron chi connectivity index (χ0n) is 20.8. The minimum Gasteiger partial charge on any atom is -0.309 e. The second-order valence-electron chi connectivity index (χ2n) is 9.55. The van der Waals surface area contributed by atoms with Crippen molar-refractivity contribution in [2.75, 3.05) is 0 Å². The van der Waals surface area contributed by atoms with Gasteiger partial charge in [-0.25, -0.2) is 0 Å². The highest BCUT2D eigenvalue weighted by Gasteiger charge is 2.31. The van der Waals surface area contributed by atoms with E-state index in [0.29, 0.717) is 51.8 Å². The van der Waals surface area contributed by atoms with E-state index in [2.05, 4.69) is 28.8 Å². The molecule has 0 amide bonds. The monoisotopic (exact) mass is 661 g/mol. The van der Waals surface area contributed by atoms with E-state index in [1.807, 2.05) is 55.5 Å². The van der Waals surface area contributed by atoms with E-state index in [4.69, 9.17) is 81.2 Å². The normalized spacial score (nSPS) is 12.4. The van der Waals surface area contributed by atoms with Gasteiger partial charge in [0, 0.05) is 74.2 Å². The predicted octanol–water partition coefficient (Wildman–Crippen LogP) is 12.8. The van der Waals surface area contributed by atoms with Gasteiger partial charge < -0.3 is 4.57 Å². The molecule has 40 heavy (non-hydrogen) atoms. The first kappa shape index (κ1) is 28.1. The van der Waals surface area contributed by atoms with Crippen LogP contribution in [-0.2, 0) is 0 Å². The molecule has 6 rings (SSSR count). The lowest BCUT2D eigenvalue weighted by Gasteiger charge is -2.26. The average molecular weight is 665 g/mol. The topological polar surface area (TPSA) is 4.93 Å². The van der Waals surface area contributed by atoms with E-state index < -0.39 is 5.92 Å². The zero-order chi connectivity index (χ0) is 28.3. The van der Waals surface area contributed by atoms with Gasteiger partial charge in [0.1, 0.15) is 0 Å². The van der Waals surface area contributed by atoms with Gasteiger partial charge in [-0.05, 0) is 61.0 Å². The Balaban J connectivity index is 1.65. The van der Waals surface area contributed by atoms with Gasteiger partial charge in [0.15, 0.2) is 0 Å². The van der Waals surface area contributed by atoms with Crippen LogP contribution in [0, 0.1) is 6.92 Å². The first-order valence-electron chi connectivity index (χ1n) is 12.2. The van der Waals surface area contributed by atoms with Crippen LogP contribution in [-0.4, -0.2) is 4.57 Å². The molecule has 5 aromatic carbocycles. The molecule has 0 saturated heterocycles. The molecule has 0 radical (unpaired) electrons. The molecule has 1 atom stereocenters. The number of aromatic nitrogens is 1. The highest BCUT2D eigenvalue weighted by atomic mass is 35.5. The van der Waals surface area contributed by atoms with Gasteiger partial charge in [-0.2, -0.15) is 0 Å². The Kier molecular flexibility index (Phi) is 7.70. The lowest BCUT2D eigenvalue weighted by atomic mass is 9.84. The summed E-state index contributed by atoms with van der Waals surface area (Å²) >= 11 is 47.7. The number of aryl methyl sites for hydroxylation is 1. The Hall–Kier alpha value is -2.07. The summed E-state index contributed by atoms with van der Waals surface area (Å²) in [6.45, 7) is 1.92. The van der Waals surface area contributed by atoms with Crippen molar-refractivity contribution in [1.82, 2.24) is 4.57 Å². The first-order valence-corrected chi connectivity index (χ1v) is 14.9. The predicted molar refractivity (Wildman–Crippen MR) is 174 cm³/mol. The molecule has 0 aliphatic rings. The molecule has 0 fully saturated rings. The van der Waals surface area contributed by atoms with Gasteiger partial charge in [0.2, 0.25) is 0 Å². The Morgan fingerprint density at radius 1 is 0.500 bits per heavy atom. The summed E-state index contributed by atoms with van der Waals surface area (Å²) in [6, 6.07) is 27.1. The molecular formula is C32H18Cl7N. The van der Waals surface area contributed by atoms with Crippen molar-refractivity contribution in [3.05, 3.63) is 142 Å². The third-order valence-corrected chi connectivity index (χ3v) is 9.13. The smallest absolute Gasteiger partial charge is 0.0541 e. The van der Waals surface area contributed by atoms with Crippen molar-refractivity contribution >= 4 is 103 Å². The van der Waals surface area contributed by atoms with Crippen molar-refractivity contribution in [3.63, 3.8) is 0 Å². The number of halogens is 7. The third kappa shape index (κ3) is 4.76. The summed E-state index contributed by atoms with van der Waals surface area (Å²) in [5, 5.41) is 5.04. The maximum Gasteiger partial charge on any atom is 0.0541 e. The Morgan fingerprint density at radius 3 is 1.32 bits per heavy atom. The number of hydrogen-bond acceptors (Lipinski definition) is 0. The fourth-order valence-electron chi connectivity index (χ4n) is 5.43. The van der Waals surface area contributed by atoms with E-state index >= 15 is 0 Å². The maximum atomic E-state index is 7.12. The van der Waals surface area contributed by atoms with Crippen LogP contribution in [0.5, 0.6) is 0 Å². The third-order valence-electron chi connectivity index (χ3n) is 7.04. The SMILES string of the molecule is Cc1cc(Cl)c(C(c2c(Cl)cc(Cl)cc2Cl)c2c(Cl)cc(-n3c4ccccc4c4ccccc43)cc2Cl)c(Cl)c1. The van der Waals surface area contributed by atoms with Crippen molar-refractivity contribution in [1.29, 1.82) is 0 Å². The van der Waals surface area contributed by atoms with Crippen molar-refractivity contribution in [3.8, 4) is 5.69 Å². The average Bonchev–Trinajstić information content (AvgIpc) is 3.21. The Bertz CT molecular complexity index is 1780. The molecular weight excluding hydrogens is 647 g/mol. The molecule has 1 nitrogen and oxygen atoms in total. The lowest BCUT2D eigenvalue weighted by molar-refractivity contribution is 0.974. The lowest BCUT2D eigenvalue weighted by Crippen LogP contribution is -2.09. The van der Waals surface area contributed by atoms with Gasteiger partial charge in [0.05, 0.1) is 11.0 Å². The highest BCUT2D eigenvalue weighted by molar-refractivity contribution is 6.41. The number of fused-ring (bicyclic) bond motifs is 3. The molecule has 0 N–H and O–H groups in total. The Morgan fingerprint density at radius 2 is 0.875 bits per heavy atom. The van der Waals surface area contributed by atoms with Gasteiger partial charge in [-0.3, -0.25) is 0 Å². The van der Waals surface area contributed by atoms with E-state index in [-0.39, 0.29) is 0 Å². The number of para-hydroxylation sites is 2. The molecule has 0 aliphatic carbocycles. The number of nitrogens with zero attached hydrogens (tertiary/aromatic N) is 1. The van der Waals surface area contributed by atoms with Crippen LogP contribution in [0.15, 0.2) is 84.9 Å². The minimum absolute atomic E-state index is 0.341. The minimum atomic E-state index is -0.676. The quantitative estimate of drug-likeness (QED) is 0.165. The van der Waals surface area contributed by atoms with Crippen molar-refractivity contribution in [2.24, 2.45) is 0 Å². The molecule has 8 heteroatoms. The molecule has 200 valence electrons. The van der Waals surface area contributed by atoms with Crippen LogP contribution in [0.4, 0.5) is 0 Å². The van der Waals surface area contributed by atoms with E-state index in [1.165, 1.54) is 0 Å². The number of rotatable bonds is 4. The summed E-state index contributed by atoms with van der Waals surface area (Å²) in [5.41, 5.74) is 5.50. The van der Waals surface area contributed by atoms with E-state index in [1.54, 1.807) is 12.1 Å². The van der Waals surface area contributed by atoms with Crippen molar-refractivity contribution in [2.45, 2.75) is 12.8 Å². The summed E-state index contributed by atoms with van der Waals surface area (Å²) in [4.78, 5) is 0. The fraction of sp³-hybridized carbons (Fsp3) is 0.0625. The second kappa shape index (κ2) is 11.0. The van der Waals surface area contributed by atoms with Gasteiger partial charge in [-0.15, -0.1) is 0 Å². The van der Waals surface area contributed by atoms with Gasteiger partial charge >= 0.3 is 0 Å². The van der Waals surface area contributed by atoms with E-state index in [0.717, 1.165) is 33.1 Å². The fourth-order valence-corrected chi connectivity index (χ4v) is 7.97. The molecule has 0 spiro atoms. The highest BCUT2D eigenvalue weighted by Crippen LogP contribution is 2.50. The van der Waals surface area contributed by atoms with Crippen molar-refractivity contribution < 1.29 is 0 Å². The first-order chi connectivity index (χ1) is 19.2. The zero-order valence-corrected chi connectivity index (χ0v) is 26.0. The van der Waals surface area contributed by atoms with Gasteiger partial charge in [-0.1, -0.05) is 118 Å². The number of benzene rings is 5. The maximum absolute atomic E-state index is 7.12. The summed E-state index contributed by atoms with van der Waals surface area (Å²) < 4.78 is 2.15. The van der Waals surface area contributed by atoms with Crippen LogP contribution >= 0.6 is 81.2 Å². The summed E-state index contributed by atoms with van der Waals surface area (Å²) in [5.74, 6) is -0.676. The van der Waals surface area contributed by atoms with Crippen LogP contribution in [0.25, 0.3) is 27.5 Å². The Labute approximate surface area is 266 Å². The van der Waals surface area contributed by atoms with Crippen LogP contribution < -0.4 is 0 Å². The molecule has 1 aromatic heterocycles. The van der Waals surface area contributed by atoms with Crippen LogP contribution in [0.2, 0.25) is 35.2 Å². The second-order valence-corrected chi connectivity index (χ2v) is 12.4. The molecule has 1 heterocycles.